The zero-order valence-electron chi connectivity index (χ0n) is 23.8. The van der Waals surface area contributed by atoms with Gasteiger partial charge in [-0.15, -0.1) is 0 Å². The van der Waals surface area contributed by atoms with Crippen molar-refractivity contribution in [3.63, 3.8) is 0 Å². The van der Waals surface area contributed by atoms with E-state index in [1.807, 2.05) is 0 Å². The summed E-state index contributed by atoms with van der Waals surface area (Å²) in [4.78, 5) is 76.0. The molecule has 1 aromatic carbocycles. The van der Waals surface area contributed by atoms with Crippen molar-refractivity contribution in [2.45, 2.75) is 88.4 Å². The van der Waals surface area contributed by atoms with Gasteiger partial charge >= 0.3 is 11.9 Å². The molecular weight excluding hydrogens is 570 g/mol. The van der Waals surface area contributed by atoms with Crippen LogP contribution in [0.5, 0.6) is 5.75 Å². The highest BCUT2D eigenvalue weighted by atomic mass is 16.4. The predicted molar refractivity (Wildman–Crippen MR) is 148 cm³/mol. The van der Waals surface area contributed by atoms with Gasteiger partial charge in [-0.2, -0.15) is 0 Å². The van der Waals surface area contributed by atoms with Gasteiger partial charge in [-0.05, 0) is 57.2 Å². The first-order valence-electron chi connectivity index (χ1n) is 13.7. The van der Waals surface area contributed by atoms with Crippen molar-refractivity contribution in [3.05, 3.63) is 29.8 Å². The van der Waals surface area contributed by atoms with Crippen LogP contribution in [0.2, 0.25) is 0 Å². The minimum atomic E-state index is -1.64. The summed E-state index contributed by atoms with van der Waals surface area (Å²) in [6.07, 6.45) is -3.30. The molecule has 1 saturated heterocycles. The standard InChI is InChI=1S/C27H39N5O11/c1-13(33)21(30-23(38)17(28)12-15-5-7-16(35)8-6-15)25(40)29-18(9-10-20(36)37)26(41)32-11-3-4-19(32)24(39)31-22(14(2)34)27(42)43/h5-8,13-14,17-19,21-22,33-35H,3-4,9-12,28H2,1-2H3,(H,29,40)(H,30,38)(H,31,39)(H,36,37)(H,42,43)/t13-,14-,17+,18+,19+,21+,22+/m1/s1. The molecule has 7 atom stereocenters. The van der Waals surface area contributed by atoms with E-state index in [-0.39, 0.29) is 25.1 Å². The van der Waals surface area contributed by atoms with Crippen LogP contribution >= 0.6 is 0 Å². The average molecular weight is 610 g/mol. The van der Waals surface area contributed by atoms with Gasteiger partial charge in [0.15, 0.2) is 6.04 Å². The van der Waals surface area contributed by atoms with E-state index in [4.69, 9.17) is 5.73 Å². The summed E-state index contributed by atoms with van der Waals surface area (Å²) in [6.45, 7) is 2.43. The van der Waals surface area contributed by atoms with Crippen LogP contribution in [0.3, 0.4) is 0 Å². The summed E-state index contributed by atoms with van der Waals surface area (Å²) in [6, 6.07) is -1.07. The van der Waals surface area contributed by atoms with Gasteiger partial charge in [0, 0.05) is 13.0 Å². The molecule has 4 amide bonds. The lowest BCUT2D eigenvalue weighted by Gasteiger charge is -2.31. The number of nitrogens with one attached hydrogen (secondary N) is 3. The molecule has 1 aliphatic rings. The Morgan fingerprint density at radius 3 is 2.07 bits per heavy atom. The van der Waals surface area contributed by atoms with Crippen LogP contribution in [0.15, 0.2) is 24.3 Å². The maximum atomic E-state index is 13.5. The molecule has 1 heterocycles. The van der Waals surface area contributed by atoms with Crippen molar-refractivity contribution in [3.8, 4) is 5.75 Å². The van der Waals surface area contributed by atoms with E-state index in [0.29, 0.717) is 12.0 Å². The third-order valence-corrected chi connectivity index (χ3v) is 6.94. The van der Waals surface area contributed by atoms with Crippen molar-refractivity contribution < 1.29 is 54.3 Å². The number of phenolic OH excluding ortho intramolecular Hbond substituents is 1. The number of carboxylic acids is 2. The number of benzene rings is 1. The van der Waals surface area contributed by atoms with E-state index in [2.05, 4.69) is 16.0 Å². The maximum absolute atomic E-state index is 13.5. The number of carbonyl (C=O) groups is 6. The molecule has 1 aliphatic heterocycles. The Morgan fingerprint density at radius 2 is 1.53 bits per heavy atom. The minimum Gasteiger partial charge on any atom is -0.508 e. The van der Waals surface area contributed by atoms with E-state index in [1.165, 1.54) is 26.0 Å². The number of carboxylic acid groups (broad SMARTS) is 2. The van der Waals surface area contributed by atoms with Gasteiger partial charge in [-0.3, -0.25) is 24.0 Å². The molecule has 0 aliphatic carbocycles. The molecule has 10 N–H and O–H groups in total. The van der Waals surface area contributed by atoms with Gasteiger partial charge in [-0.25, -0.2) is 4.79 Å². The number of aromatic hydroxyl groups is 1. The predicted octanol–water partition coefficient (Wildman–Crippen LogP) is -2.58. The van der Waals surface area contributed by atoms with Gasteiger partial charge in [0.25, 0.3) is 0 Å². The monoisotopic (exact) mass is 609 g/mol. The third-order valence-electron chi connectivity index (χ3n) is 6.94. The van der Waals surface area contributed by atoms with Crippen molar-refractivity contribution in [1.82, 2.24) is 20.9 Å². The number of nitrogens with zero attached hydrogens (tertiary/aromatic N) is 1. The summed E-state index contributed by atoms with van der Waals surface area (Å²) in [5.41, 5.74) is 6.58. The summed E-state index contributed by atoms with van der Waals surface area (Å²) >= 11 is 0. The number of aliphatic hydroxyl groups is 2. The molecule has 0 aromatic heterocycles. The maximum Gasteiger partial charge on any atom is 0.328 e. The van der Waals surface area contributed by atoms with Crippen LogP contribution in [-0.2, 0) is 35.2 Å². The number of carbonyl (C=O) groups excluding carboxylic acids is 4. The van der Waals surface area contributed by atoms with Crippen LogP contribution in [-0.4, -0.2) is 115 Å². The quantitative estimate of drug-likeness (QED) is 0.0992. The zero-order chi connectivity index (χ0) is 32.4. The number of likely N-dealkylation sites (tertiary alicyclic amines) is 1. The first-order chi connectivity index (χ1) is 20.1. The van der Waals surface area contributed by atoms with E-state index < -0.39 is 90.8 Å². The lowest BCUT2D eigenvalue weighted by atomic mass is 10.0. The van der Waals surface area contributed by atoms with Gasteiger partial charge < -0.3 is 52.1 Å². The number of amides is 4. The zero-order valence-corrected chi connectivity index (χ0v) is 23.8. The van der Waals surface area contributed by atoms with Crippen LogP contribution in [0.1, 0.15) is 45.1 Å². The van der Waals surface area contributed by atoms with Gasteiger partial charge in [0.2, 0.25) is 23.6 Å². The minimum absolute atomic E-state index is 0.0182. The Bertz CT molecular complexity index is 1170. The second kappa shape index (κ2) is 15.8. The van der Waals surface area contributed by atoms with Crippen molar-refractivity contribution in [2.24, 2.45) is 5.73 Å². The Morgan fingerprint density at radius 1 is 0.930 bits per heavy atom. The van der Waals surface area contributed by atoms with Gasteiger partial charge in [0.1, 0.15) is 23.9 Å². The number of hydrogen-bond donors (Lipinski definition) is 9. The highest BCUT2D eigenvalue weighted by Gasteiger charge is 2.40. The highest BCUT2D eigenvalue weighted by molar-refractivity contribution is 5.96. The first-order valence-corrected chi connectivity index (χ1v) is 13.7. The summed E-state index contributed by atoms with van der Waals surface area (Å²) in [7, 11) is 0. The van der Waals surface area contributed by atoms with E-state index in [0.717, 1.165) is 4.90 Å². The second-order valence-electron chi connectivity index (χ2n) is 10.5. The largest absolute Gasteiger partial charge is 0.508 e. The van der Waals surface area contributed by atoms with E-state index >= 15 is 0 Å². The molecule has 1 aromatic rings. The lowest BCUT2D eigenvalue weighted by Crippen LogP contribution is -2.60. The Kier molecular flexibility index (Phi) is 12.8. The second-order valence-corrected chi connectivity index (χ2v) is 10.5. The average Bonchev–Trinajstić information content (AvgIpc) is 3.42. The Labute approximate surface area is 247 Å². The summed E-state index contributed by atoms with van der Waals surface area (Å²) < 4.78 is 0. The molecular formula is C27H39N5O11. The van der Waals surface area contributed by atoms with Crippen LogP contribution in [0, 0.1) is 0 Å². The molecule has 0 bridgehead atoms. The Hall–Kier alpha value is -4.28. The topological polar surface area (TPSA) is 269 Å². The van der Waals surface area contributed by atoms with E-state index in [9.17, 15) is 54.3 Å². The fourth-order valence-electron chi connectivity index (χ4n) is 4.57. The molecule has 16 nitrogen and oxygen atoms in total. The molecule has 0 saturated carbocycles. The third kappa shape index (κ3) is 10.2. The molecule has 0 radical (unpaired) electrons. The number of aliphatic carboxylic acids is 2. The number of nitrogens with two attached hydrogens (primary N) is 1. The number of hydrogen-bond acceptors (Lipinski definition) is 10. The Balaban J connectivity index is 2.17. The first kappa shape index (κ1) is 34.9. The fourth-order valence-corrected chi connectivity index (χ4v) is 4.57. The van der Waals surface area contributed by atoms with Crippen molar-refractivity contribution >= 4 is 35.6 Å². The lowest BCUT2D eigenvalue weighted by molar-refractivity contribution is -0.147. The van der Waals surface area contributed by atoms with Crippen molar-refractivity contribution in [1.29, 1.82) is 0 Å². The highest BCUT2D eigenvalue weighted by Crippen LogP contribution is 2.20. The molecule has 2 rings (SSSR count). The van der Waals surface area contributed by atoms with Crippen molar-refractivity contribution in [2.75, 3.05) is 6.54 Å². The van der Waals surface area contributed by atoms with Crippen LogP contribution in [0.25, 0.3) is 0 Å². The SMILES string of the molecule is C[C@@H](O)[C@H](NC(=O)[C@@H]1CCCN1C(=O)[C@H](CCC(=O)O)NC(=O)[C@@H](NC(=O)[C@@H](N)Cc1ccc(O)cc1)[C@@H](C)O)C(=O)O. The summed E-state index contributed by atoms with van der Waals surface area (Å²) in [5, 5.41) is 54.7. The summed E-state index contributed by atoms with van der Waals surface area (Å²) in [5.74, 6) is -6.22. The molecule has 1 fully saturated rings. The number of rotatable bonds is 15. The molecule has 16 heteroatoms. The normalized spacial score (nSPS) is 18.8. The van der Waals surface area contributed by atoms with Gasteiger partial charge in [-0.1, -0.05) is 12.1 Å². The molecule has 0 spiro atoms. The number of phenols is 1. The number of aliphatic hydroxyl groups excluding tert-OH is 2. The fraction of sp³-hybridized carbons (Fsp3) is 0.556. The molecule has 238 valence electrons. The smallest absolute Gasteiger partial charge is 0.328 e. The van der Waals surface area contributed by atoms with Crippen LogP contribution in [0.4, 0.5) is 0 Å². The van der Waals surface area contributed by atoms with Gasteiger partial charge in [0.05, 0.1) is 18.2 Å². The molecule has 43 heavy (non-hydrogen) atoms. The van der Waals surface area contributed by atoms with E-state index in [1.54, 1.807) is 12.1 Å². The molecule has 0 unspecified atom stereocenters. The van der Waals surface area contributed by atoms with Crippen LogP contribution < -0.4 is 21.7 Å².